The van der Waals surface area contributed by atoms with E-state index in [0.717, 1.165) is 6.42 Å². The Hall–Kier alpha value is -1.12. The van der Waals surface area contributed by atoms with Gasteiger partial charge in [0.2, 0.25) is 5.91 Å². The van der Waals surface area contributed by atoms with E-state index in [0.29, 0.717) is 6.42 Å². The molecule has 0 bridgehead atoms. The van der Waals surface area contributed by atoms with Crippen molar-refractivity contribution in [3.8, 4) is 0 Å². The molecule has 0 aliphatic carbocycles. The van der Waals surface area contributed by atoms with Crippen LogP contribution in [0.25, 0.3) is 0 Å². The minimum absolute atomic E-state index is 0.0619. The number of rotatable bonds is 1. The summed E-state index contributed by atoms with van der Waals surface area (Å²) in [6.45, 7) is 5.60. The molecule has 1 aliphatic heterocycles. The van der Waals surface area contributed by atoms with E-state index in [1.165, 1.54) is 11.0 Å². The van der Waals surface area contributed by atoms with Crippen LogP contribution in [0, 0.1) is 0 Å². The summed E-state index contributed by atoms with van der Waals surface area (Å²) in [4.78, 5) is 24.2. The average molecular weight is 181 g/mol. The van der Waals surface area contributed by atoms with Crippen LogP contribution in [0.3, 0.4) is 0 Å². The van der Waals surface area contributed by atoms with E-state index >= 15 is 0 Å². The highest BCUT2D eigenvalue weighted by Crippen LogP contribution is 2.29. The van der Waals surface area contributed by atoms with Crippen molar-refractivity contribution in [2.45, 2.75) is 39.2 Å². The first-order chi connectivity index (χ1) is 5.99. The second-order valence-corrected chi connectivity index (χ2v) is 3.88. The van der Waals surface area contributed by atoms with Crippen LogP contribution in [-0.2, 0) is 9.59 Å². The van der Waals surface area contributed by atoms with Crippen LogP contribution in [0.1, 0.15) is 33.6 Å². The average Bonchev–Trinajstić information content (AvgIpc) is 2.26. The van der Waals surface area contributed by atoms with Gasteiger partial charge in [0.1, 0.15) is 0 Å². The van der Waals surface area contributed by atoms with Gasteiger partial charge in [0.25, 0.3) is 5.91 Å². The molecule has 0 spiro atoms. The summed E-state index contributed by atoms with van der Waals surface area (Å²) in [5.41, 5.74) is -0.312. The lowest BCUT2D eigenvalue weighted by atomic mass is 10.0. The van der Waals surface area contributed by atoms with Crippen molar-refractivity contribution in [2.75, 3.05) is 0 Å². The molecule has 1 fully saturated rings. The second-order valence-electron chi connectivity index (χ2n) is 3.88. The van der Waals surface area contributed by atoms with Crippen molar-refractivity contribution in [1.29, 1.82) is 0 Å². The first-order valence-corrected chi connectivity index (χ1v) is 4.49. The summed E-state index contributed by atoms with van der Waals surface area (Å²) in [6, 6.07) is 0. The quantitative estimate of drug-likeness (QED) is 0.575. The third kappa shape index (κ3) is 1.79. The van der Waals surface area contributed by atoms with Gasteiger partial charge in [-0.3, -0.25) is 14.5 Å². The van der Waals surface area contributed by atoms with Crippen molar-refractivity contribution in [3.63, 3.8) is 0 Å². The minimum atomic E-state index is -0.312. The molecular weight excluding hydrogens is 166 g/mol. The zero-order chi connectivity index (χ0) is 10.1. The number of likely N-dealkylation sites (tertiary alicyclic amines) is 1. The molecule has 0 aromatic heterocycles. The lowest BCUT2D eigenvalue weighted by molar-refractivity contribution is -0.142. The summed E-state index contributed by atoms with van der Waals surface area (Å²) in [6.07, 6.45) is 4.33. The van der Waals surface area contributed by atoms with Gasteiger partial charge in [-0.1, -0.05) is 6.08 Å². The van der Waals surface area contributed by atoms with Crippen LogP contribution >= 0.6 is 0 Å². The maximum Gasteiger partial charge on any atom is 0.253 e. The first-order valence-electron chi connectivity index (χ1n) is 4.49. The van der Waals surface area contributed by atoms with Gasteiger partial charge in [-0.15, -0.1) is 0 Å². The highest BCUT2D eigenvalue weighted by molar-refractivity contribution is 6.02. The van der Waals surface area contributed by atoms with Crippen LogP contribution < -0.4 is 0 Å². The highest BCUT2D eigenvalue weighted by atomic mass is 16.2. The summed E-state index contributed by atoms with van der Waals surface area (Å²) in [5.74, 6) is -0.261. The summed E-state index contributed by atoms with van der Waals surface area (Å²) in [7, 11) is 0. The predicted molar refractivity (Wildman–Crippen MR) is 50.0 cm³/mol. The fourth-order valence-electron chi connectivity index (χ4n) is 1.61. The smallest absolute Gasteiger partial charge is 0.253 e. The number of amides is 2. The molecule has 1 rings (SSSR count). The number of imide groups is 1. The Labute approximate surface area is 78.4 Å². The van der Waals surface area contributed by atoms with Gasteiger partial charge in [-0.05, 0) is 33.3 Å². The summed E-state index contributed by atoms with van der Waals surface area (Å²) >= 11 is 0. The van der Waals surface area contributed by atoms with Crippen LogP contribution in [-0.4, -0.2) is 22.3 Å². The molecule has 0 radical (unpaired) electrons. The molecule has 0 N–H and O–H groups in total. The standard InChI is InChI=1S/C10H15NO2/c1-4-5-8(12)11-9(13)6-7-10(11,2)3/h4-5H,6-7H2,1-3H3/b5-4+. The highest BCUT2D eigenvalue weighted by Gasteiger charge is 2.40. The molecule has 72 valence electrons. The molecule has 0 aromatic carbocycles. The van der Waals surface area contributed by atoms with Gasteiger partial charge >= 0.3 is 0 Å². The number of carbonyl (C=O) groups is 2. The van der Waals surface area contributed by atoms with Gasteiger partial charge in [0.15, 0.2) is 0 Å². The van der Waals surface area contributed by atoms with E-state index in [1.54, 1.807) is 13.0 Å². The first kappa shape index (κ1) is 9.96. The van der Waals surface area contributed by atoms with Crippen LogP contribution in [0.5, 0.6) is 0 Å². The predicted octanol–water partition coefficient (Wildman–Crippen LogP) is 1.49. The second kappa shape index (κ2) is 3.32. The lowest BCUT2D eigenvalue weighted by Crippen LogP contribution is -2.44. The normalized spacial score (nSPS) is 21.5. The van der Waals surface area contributed by atoms with E-state index in [4.69, 9.17) is 0 Å². The number of allylic oxidation sites excluding steroid dienone is 1. The fourth-order valence-corrected chi connectivity index (χ4v) is 1.61. The van der Waals surface area contributed by atoms with Crippen molar-refractivity contribution >= 4 is 11.8 Å². The van der Waals surface area contributed by atoms with Crippen molar-refractivity contribution in [1.82, 2.24) is 4.90 Å². The monoisotopic (exact) mass is 181 g/mol. The Bertz CT molecular complexity index is 266. The molecule has 0 atom stereocenters. The Kier molecular flexibility index (Phi) is 2.55. The molecule has 13 heavy (non-hydrogen) atoms. The number of hydrogen-bond donors (Lipinski definition) is 0. The van der Waals surface area contributed by atoms with Gasteiger partial charge in [-0.2, -0.15) is 0 Å². The molecule has 0 saturated carbocycles. The van der Waals surface area contributed by atoms with Gasteiger partial charge in [0.05, 0.1) is 0 Å². The zero-order valence-electron chi connectivity index (χ0n) is 8.33. The SMILES string of the molecule is C/C=C/C(=O)N1C(=O)CCC1(C)C. The van der Waals surface area contributed by atoms with Crippen molar-refractivity contribution < 1.29 is 9.59 Å². The van der Waals surface area contributed by atoms with E-state index in [9.17, 15) is 9.59 Å². The molecule has 0 aromatic rings. The number of nitrogens with zero attached hydrogens (tertiary/aromatic N) is 1. The van der Waals surface area contributed by atoms with Gasteiger partial charge in [0, 0.05) is 12.0 Å². The fraction of sp³-hybridized carbons (Fsp3) is 0.600. The van der Waals surface area contributed by atoms with E-state index < -0.39 is 0 Å². The Morgan fingerprint density at radius 2 is 2.15 bits per heavy atom. The summed E-state index contributed by atoms with van der Waals surface area (Å²) < 4.78 is 0. The molecule has 1 heterocycles. The maximum absolute atomic E-state index is 11.5. The van der Waals surface area contributed by atoms with Crippen LogP contribution in [0.2, 0.25) is 0 Å². The Balaban J connectivity index is 2.88. The molecule has 3 heteroatoms. The molecule has 3 nitrogen and oxygen atoms in total. The largest absolute Gasteiger partial charge is 0.274 e. The third-order valence-electron chi connectivity index (χ3n) is 2.34. The van der Waals surface area contributed by atoms with Crippen molar-refractivity contribution in [2.24, 2.45) is 0 Å². The topological polar surface area (TPSA) is 37.4 Å². The molecular formula is C10H15NO2. The molecule has 0 unspecified atom stereocenters. The lowest BCUT2D eigenvalue weighted by Gasteiger charge is -2.28. The van der Waals surface area contributed by atoms with Crippen LogP contribution in [0.15, 0.2) is 12.2 Å². The zero-order valence-corrected chi connectivity index (χ0v) is 8.33. The molecule has 2 amide bonds. The van der Waals surface area contributed by atoms with E-state index in [2.05, 4.69) is 0 Å². The minimum Gasteiger partial charge on any atom is -0.274 e. The summed E-state index contributed by atoms with van der Waals surface area (Å²) in [5, 5.41) is 0. The van der Waals surface area contributed by atoms with Crippen molar-refractivity contribution in [3.05, 3.63) is 12.2 Å². The third-order valence-corrected chi connectivity index (χ3v) is 2.34. The molecule has 1 saturated heterocycles. The molecule has 1 aliphatic rings. The van der Waals surface area contributed by atoms with Gasteiger partial charge in [-0.25, -0.2) is 0 Å². The number of hydrogen-bond acceptors (Lipinski definition) is 2. The Morgan fingerprint density at radius 3 is 2.54 bits per heavy atom. The van der Waals surface area contributed by atoms with Crippen LogP contribution in [0.4, 0.5) is 0 Å². The number of carbonyl (C=O) groups excluding carboxylic acids is 2. The van der Waals surface area contributed by atoms with E-state index in [1.807, 2.05) is 13.8 Å². The van der Waals surface area contributed by atoms with E-state index in [-0.39, 0.29) is 17.4 Å². The Morgan fingerprint density at radius 1 is 1.54 bits per heavy atom. The van der Waals surface area contributed by atoms with Gasteiger partial charge < -0.3 is 0 Å². The maximum atomic E-state index is 11.5.